The molecule has 0 aromatic heterocycles. The van der Waals surface area contributed by atoms with Crippen LogP contribution in [0.5, 0.6) is 5.75 Å². The summed E-state index contributed by atoms with van der Waals surface area (Å²) in [6.07, 6.45) is 0. The third-order valence-corrected chi connectivity index (χ3v) is 6.16. The van der Waals surface area contributed by atoms with E-state index in [4.69, 9.17) is 4.74 Å². The van der Waals surface area contributed by atoms with Crippen molar-refractivity contribution in [2.24, 2.45) is 0 Å². The van der Waals surface area contributed by atoms with Crippen LogP contribution in [0.25, 0.3) is 0 Å². The molecular weight excluding hydrogens is 364 g/mol. The number of methoxy groups -OCH3 is 1. The topological polar surface area (TPSA) is 75.7 Å². The van der Waals surface area contributed by atoms with E-state index in [1.807, 2.05) is 38.1 Å². The maximum atomic E-state index is 13.0. The van der Waals surface area contributed by atoms with Gasteiger partial charge >= 0.3 is 0 Å². The lowest BCUT2D eigenvalue weighted by Gasteiger charge is -2.21. The van der Waals surface area contributed by atoms with Gasteiger partial charge in [0.25, 0.3) is 0 Å². The zero-order valence-electron chi connectivity index (χ0n) is 16.2. The predicted octanol–water partition coefficient (Wildman–Crippen LogP) is 2.64. The van der Waals surface area contributed by atoms with Gasteiger partial charge in [0.05, 0.1) is 13.7 Å². The first-order valence-electron chi connectivity index (χ1n) is 8.75. The number of benzene rings is 2. The molecule has 0 unspecified atom stereocenters. The van der Waals surface area contributed by atoms with E-state index in [0.717, 1.165) is 21.0 Å². The highest BCUT2D eigenvalue weighted by Crippen LogP contribution is 2.27. The van der Waals surface area contributed by atoms with Gasteiger partial charge in [-0.25, -0.2) is 8.42 Å². The number of carbonyl (C=O) groups excluding carboxylic acids is 1. The van der Waals surface area contributed by atoms with E-state index < -0.39 is 10.0 Å². The van der Waals surface area contributed by atoms with Crippen LogP contribution < -0.4 is 10.1 Å². The highest BCUT2D eigenvalue weighted by molar-refractivity contribution is 7.89. The number of likely N-dealkylation sites (N-methyl/N-ethyl adjacent to an activating group) is 1. The van der Waals surface area contributed by atoms with Gasteiger partial charge in [-0.2, -0.15) is 4.31 Å². The maximum Gasteiger partial charge on any atom is 0.247 e. The quantitative estimate of drug-likeness (QED) is 0.752. The summed E-state index contributed by atoms with van der Waals surface area (Å²) in [5, 5.41) is 2.77. The standard InChI is InChI=1S/C20H26N2O4S/c1-5-22(14-20(23)21-13-17-9-6-15(2)7-10-17)27(24,25)19-12-16(3)8-11-18(19)26-4/h6-12H,5,13-14H2,1-4H3,(H,21,23). The van der Waals surface area contributed by atoms with Crippen LogP contribution in [0, 0.1) is 13.8 Å². The number of nitrogens with one attached hydrogen (secondary N) is 1. The van der Waals surface area contributed by atoms with E-state index in [1.165, 1.54) is 7.11 Å². The van der Waals surface area contributed by atoms with Gasteiger partial charge in [0.15, 0.2) is 0 Å². The van der Waals surface area contributed by atoms with Crippen molar-refractivity contribution in [1.82, 2.24) is 9.62 Å². The molecule has 1 amide bonds. The second kappa shape index (κ2) is 9.01. The zero-order chi connectivity index (χ0) is 20.0. The molecule has 146 valence electrons. The van der Waals surface area contributed by atoms with Crippen molar-refractivity contribution in [3.63, 3.8) is 0 Å². The van der Waals surface area contributed by atoms with Crippen LogP contribution in [-0.4, -0.2) is 38.8 Å². The van der Waals surface area contributed by atoms with Crippen LogP contribution in [0.15, 0.2) is 47.4 Å². The van der Waals surface area contributed by atoms with E-state index in [9.17, 15) is 13.2 Å². The number of amides is 1. The number of aryl methyl sites for hydroxylation is 2. The van der Waals surface area contributed by atoms with Crippen LogP contribution in [0.3, 0.4) is 0 Å². The average molecular weight is 391 g/mol. The Labute approximate surface area is 161 Å². The van der Waals surface area contributed by atoms with Crippen LogP contribution in [0.4, 0.5) is 0 Å². The van der Waals surface area contributed by atoms with E-state index in [-0.39, 0.29) is 29.6 Å². The fourth-order valence-electron chi connectivity index (χ4n) is 2.61. The molecule has 0 fully saturated rings. The van der Waals surface area contributed by atoms with Crippen molar-refractivity contribution >= 4 is 15.9 Å². The molecule has 0 atom stereocenters. The molecule has 0 radical (unpaired) electrons. The predicted molar refractivity (Wildman–Crippen MR) is 105 cm³/mol. The summed E-state index contributed by atoms with van der Waals surface area (Å²) < 4.78 is 32.4. The normalized spacial score (nSPS) is 11.4. The third kappa shape index (κ3) is 5.30. The van der Waals surface area contributed by atoms with Gasteiger partial charge in [-0.1, -0.05) is 42.8 Å². The van der Waals surface area contributed by atoms with Crippen molar-refractivity contribution in [2.45, 2.75) is 32.2 Å². The Kier molecular flexibility index (Phi) is 6.98. The number of nitrogens with zero attached hydrogens (tertiary/aromatic N) is 1. The highest BCUT2D eigenvalue weighted by Gasteiger charge is 2.28. The Hall–Kier alpha value is -2.38. The van der Waals surface area contributed by atoms with Crippen molar-refractivity contribution in [3.05, 3.63) is 59.2 Å². The molecule has 0 saturated carbocycles. The van der Waals surface area contributed by atoms with Gasteiger partial charge in [0, 0.05) is 13.1 Å². The summed E-state index contributed by atoms with van der Waals surface area (Å²) >= 11 is 0. The van der Waals surface area contributed by atoms with Crippen LogP contribution >= 0.6 is 0 Å². The lowest BCUT2D eigenvalue weighted by atomic mass is 10.1. The summed E-state index contributed by atoms with van der Waals surface area (Å²) in [5.74, 6) is -0.0910. The minimum absolute atomic E-state index is 0.0678. The van der Waals surface area contributed by atoms with Crippen molar-refractivity contribution in [2.75, 3.05) is 20.2 Å². The summed E-state index contributed by atoms with van der Waals surface area (Å²) in [5.41, 5.74) is 2.90. The lowest BCUT2D eigenvalue weighted by Crippen LogP contribution is -2.40. The minimum Gasteiger partial charge on any atom is -0.495 e. The fraction of sp³-hybridized carbons (Fsp3) is 0.350. The van der Waals surface area contributed by atoms with E-state index in [2.05, 4.69) is 5.32 Å². The zero-order valence-corrected chi connectivity index (χ0v) is 17.0. The number of sulfonamides is 1. The van der Waals surface area contributed by atoms with Gasteiger partial charge in [0.1, 0.15) is 10.6 Å². The van der Waals surface area contributed by atoms with Gasteiger partial charge < -0.3 is 10.1 Å². The molecule has 6 nitrogen and oxygen atoms in total. The van der Waals surface area contributed by atoms with Crippen LogP contribution in [-0.2, 0) is 21.4 Å². The number of hydrogen-bond acceptors (Lipinski definition) is 4. The molecule has 1 N–H and O–H groups in total. The number of ether oxygens (including phenoxy) is 1. The average Bonchev–Trinajstić information content (AvgIpc) is 2.65. The van der Waals surface area contributed by atoms with Crippen molar-refractivity contribution in [1.29, 1.82) is 0 Å². The SMILES string of the molecule is CCN(CC(=O)NCc1ccc(C)cc1)S(=O)(=O)c1cc(C)ccc1OC. The molecule has 0 aliphatic heterocycles. The maximum absolute atomic E-state index is 13.0. The molecule has 0 aliphatic rings. The summed E-state index contributed by atoms with van der Waals surface area (Å²) in [6, 6.07) is 12.8. The smallest absolute Gasteiger partial charge is 0.247 e. The Balaban J connectivity index is 2.12. The Morgan fingerprint density at radius 1 is 1.07 bits per heavy atom. The lowest BCUT2D eigenvalue weighted by molar-refractivity contribution is -0.121. The van der Waals surface area contributed by atoms with Crippen LogP contribution in [0.1, 0.15) is 23.6 Å². The number of carbonyl (C=O) groups is 1. The summed E-state index contributed by atoms with van der Waals surface area (Å²) in [4.78, 5) is 12.4. The molecule has 0 spiro atoms. The summed E-state index contributed by atoms with van der Waals surface area (Å²) in [7, 11) is -2.43. The van der Waals surface area contributed by atoms with E-state index >= 15 is 0 Å². The van der Waals surface area contributed by atoms with Gasteiger partial charge in [0.2, 0.25) is 15.9 Å². The monoisotopic (exact) mass is 390 g/mol. The largest absolute Gasteiger partial charge is 0.495 e. The van der Waals surface area contributed by atoms with Crippen LogP contribution in [0.2, 0.25) is 0 Å². The second-order valence-corrected chi connectivity index (χ2v) is 8.25. The first kappa shape index (κ1) is 20.9. The molecule has 2 aromatic rings. The molecule has 2 aromatic carbocycles. The molecule has 7 heteroatoms. The first-order valence-corrected chi connectivity index (χ1v) is 10.2. The molecule has 0 aliphatic carbocycles. The number of hydrogen-bond donors (Lipinski definition) is 1. The van der Waals surface area contributed by atoms with Gasteiger partial charge in [-0.15, -0.1) is 0 Å². The first-order chi connectivity index (χ1) is 12.8. The minimum atomic E-state index is -3.85. The van der Waals surface area contributed by atoms with Crippen molar-refractivity contribution < 1.29 is 17.9 Å². The van der Waals surface area contributed by atoms with E-state index in [0.29, 0.717) is 6.54 Å². The molecular formula is C20H26N2O4S. The van der Waals surface area contributed by atoms with Gasteiger partial charge in [-0.3, -0.25) is 4.79 Å². The molecule has 27 heavy (non-hydrogen) atoms. The second-order valence-electron chi connectivity index (χ2n) is 6.35. The Morgan fingerprint density at radius 3 is 2.30 bits per heavy atom. The number of rotatable bonds is 8. The fourth-order valence-corrected chi connectivity index (χ4v) is 4.26. The summed E-state index contributed by atoms with van der Waals surface area (Å²) in [6.45, 7) is 5.78. The molecule has 2 rings (SSSR count). The molecule has 0 bridgehead atoms. The molecule has 0 heterocycles. The Bertz CT molecular complexity index is 893. The van der Waals surface area contributed by atoms with Gasteiger partial charge in [-0.05, 0) is 37.1 Å². The molecule has 0 saturated heterocycles. The van der Waals surface area contributed by atoms with E-state index in [1.54, 1.807) is 25.1 Å². The van der Waals surface area contributed by atoms with Crippen molar-refractivity contribution in [3.8, 4) is 5.75 Å². The highest BCUT2D eigenvalue weighted by atomic mass is 32.2. The third-order valence-electron chi connectivity index (χ3n) is 4.22. The Morgan fingerprint density at radius 2 is 1.70 bits per heavy atom.